The Morgan fingerprint density at radius 3 is 2.22 bits per heavy atom. The highest BCUT2D eigenvalue weighted by atomic mass is 16.5. The molecule has 1 aromatic heterocycles. The molecule has 1 fully saturated rings. The number of anilines is 2. The van der Waals surface area contributed by atoms with Crippen LogP contribution in [-0.2, 0) is 9.59 Å². The molecule has 1 aliphatic carbocycles. The normalized spacial score (nSPS) is 15.1. The third kappa shape index (κ3) is 2.84. The Labute approximate surface area is 134 Å². The zero-order valence-corrected chi connectivity index (χ0v) is 13.4. The summed E-state index contributed by atoms with van der Waals surface area (Å²) < 4.78 is 4.92. The zero-order chi connectivity index (χ0) is 16.6. The fourth-order valence-corrected chi connectivity index (χ4v) is 2.59. The molecule has 23 heavy (non-hydrogen) atoms. The largest absolute Gasteiger partial charge is 0.360 e. The predicted molar refractivity (Wildman–Crippen MR) is 86.1 cm³/mol. The van der Waals surface area contributed by atoms with E-state index in [4.69, 9.17) is 4.52 Å². The minimum absolute atomic E-state index is 0.271. The van der Waals surface area contributed by atoms with Crippen LogP contribution in [-0.4, -0.2) is 17.0 Å². The van der Waals surface area contributed by atoms with Gasteiger partial charge >= 0.3 is 0 Å². The number of amides is 2. The van der Waals surface area contributed by atoms with E-state index < -0.39 is 5.41 Å². The summed E-state index contributed by atoms with van der Waals surface area (Å²) in [6.07, 6.45) is 1.07. The molecule has 3 rings (SSSR count). The fourth-order valence-electron chi connectivity index (χ4n) is 2.59. The van der Waals surface area contributed by atoms with Gasteiger partial charge in [-0.3, -0.25) is 9.59 Å². The lowest BCUT2D eigenvalue weighted by Crippen LogP contribution is -2.36. The molecular formula is C17H19N3O3. The van der Waals surface area contributed by atoms with Crippen LogP contribution in [0.5, 0.6) is 0 Å². The zero-order valence-electron chi connectivity index (χ0n) is 13.4. The van der Waals surface area contributed by atoms with Gasteiger partial charge in [-0.25, -0.2) is 0 Å². The highest BCUT2D eigenvalue weighted by Gasteiger charge is 2.56. The van der Waals surface area contributed by atoms with Gasteiger partial charge in [-0.1, -0.05) is 23.4 Å². The van der Waals surface area contributed by atoms with Gasteiger partial charge in [0.1, 0.15) is 11.2 Å². The van der Waals surface area contributed by atoms with Gasteiger partial charge in [-0.05, 0) is 44.7 Å². The van der Waals surface area contributed by atoms with Crippen LogP contribution in [0.25, 0.3) is 0 Å². The van der Waals surface area contributed by atoms with Gasteiger partial charge in [-0.15, -0.1) is 0 Å². The van der Waals surface area contributed by atoms with Crippen LogP contribution >= 0.6 is 0 Å². The maximum Gasteiger partial charge on any atom is 0.241 e. The average molecular weight is 313 g/mol. The monoisotopic (exact) mass is 313 g/mol. The molecule has 0 unspecified atom stereocenters. The summed E-state index contributed by atoms with van der Waals surface area (Å²) in [5.74, 6) is 0.325. The van der Waals surface area contributed by atoms with Crippen molar-refractivity contribution in [2.45, 2.75) is 33.6 Å². The lowest BCUT2D eigenvalue weighted by Gasteiger charge is -2.17. The van der Waals surface area contributed by atoms with E-state index in [1.807, 2.05) is 32.0 Å². The first-order valence-corrected chi connectivity index (χ1v) is 7.55. The van der Waals surface area contributed by atoms with Gasteiger partial charge in [0.05, 0.1) is 0 Å². The van der Waals surface area contributed by atoms with Crippen molar-refractivity contribution in [3.63, 3.8) is 0 Å². The van der Waals surface area contributed by atoms with E-state index in [-0.39, 0.29) is 11.8 Å². The van der Waals surface area contributed by atoms with Crippen molar-refractivity contribution in [3.8, 4) is 0 Å². The van der Waals surface area contributed by atoms with E-state index in [0.29, 0.717) is 24.4 Å². The number of para-hydroxylation sites is 1. The average Bonchev–Trinajstić information content (AvgIpc) is 3.22. The van der Waals surface area contributed by atoms with Crippen LogP contribution < -0.4 is 10.6 Å². The standard InChI is InChI=1S/C17H19N3O3/c1-10-5-4-6-11(2)14(10)19-16(22)17(7-8-17)15(21)18-13-9-12(3)23-20-13/h4-6,9H,7-8H2,1-3H3,(H,19,22)(H,18,20,21). The molecule has 0 radical (unpaired) electrons. The molecule has 2 amide bonds. The Balaban J connectivity index is 1.75. The minimum atomic E-state index is -1.01. The van der Waals surface area contributed by atoms with Crippen molar-refractivity contribution >= 4 is 23.3 Å². The summed E-state index contributed by atoms with van der Waals surface area (Å²) in [5.41, 5.74) is 1.71. The van der Waals surface area contributed by atoms with Crippen molar-refractivity contribution in [2.75, 3.05) is 10.6 Å². The summed E-state index contributed by atoms with van der Waals surface area (Å²) in [6.45, 7) is 5.60. The number of aryl methyl sites for hydroxylation is 3. The number of nitrogens with one attached hydrogen (secondary N) is 2. The summed E-state index contributed by atoms with van der Waals surface area (Å²) >= 11 is 0. The number of hydrogen-bond donors (Lipinski definition) is 2. The molecule has 1 aliphatic rings. The van der Waals surface area contributed by atoms with Crippen molar-refractivity contribution in [3.05, 3.63) is 41.2 Å². The van der Waals surface area contributed by atoms with E-state index in [9.17, 15) is 9.59 Å². The number of carbonyl (C=O) groups is 2. The molecule has 0 aliphatic heterocycles. The summed E-state index contributed by atoms with van der Waals surface area (Å²) in [7, 11) is 0. The first kappa shape index (κ1) is 15.3. The minimum Gasteiger partial charge on any atom is -0.360 e. The number of carbonyl (C=O) groups excluding carboxylic acids is 2. The van der Waals surface area contributed by atoms with E-state index in [1.54, 1.807) is 13.0 Å². The molecule has 0 saturated heterocycles. The molecule has 2 aromatic rings. The van der Waals surface area contributed by atoms with Crippen LogP contribution in [0, 0.1) is 26.2 Å². The molecule has 1 saturated carbocycles. The van der Waals surface area contributed by atoms with Crippen LogP contribution in [0.2, 0.25) is 0 Å². The molecule has 2 N–H and O–H groups in total. The van der Waals surface area contributed by atoms with E-state index in [2.05, 4.69) is 15.8 Å². The van der Waals surface area contributed by atoms with Crippen molar-refractivity contribution in [2.24, 2.45) is 5.41 Å². The van der Waals surface area contributed by atoms with Gasteiger partial charge < -0.3 is 15.2 Å². The van der Waals surface area contributed by atoms with Crippen molar-refractivity contribution in [1.82, 2.24) is 5.16 Å². The van der Waals surface area contributed by atoms with Crippen molar-refractivity contribution in [1.29, 1.82) is 0 Å². The topological polar surface area (TPSA) is 84.2 Å². The number of benzene rings is 1. The van der Waals surface area contributed by atoms with Crippen LogP contribution in [0.1, 0.15) is 29.7 Å². The Hall–Kier alpha value is -2.63. The van der Waals surface area contributed by atoms with Gasteiger partial charge in [0.25, 0.3) is 0 Å². The van der Waals surface area contributed by atoms with Crippen LogP contribution in [0.3, 0.4) is 0 Å². The Bertz CT molecular complexity index is 755. The molecule has 0 bridgehead atoms. The fraction of sp³-hybridized carbons (Fsp3) is 0.353. The van der Waals surface area contributed by atoms with E-state index >= 15 is 0 Å². The predicted octanol–water partition coefficient (Wildman–Crippen LogP) is 2.96. The van der Waals surface area contributed by atoms with Crippen LogP contribution in [0.4, 0.5) is 11.5 Å². The van der Waals surface area contributed by atoms with E-state index in [0.717, 1.165) is 16.8 Å². The molecule has 120 valence electrons. The second-order valence-electron chi connectivity index (χ2n) is 6.08. The smallest absolute Gasteiger partial charge is 0.241 e. The van der Waals surface area contributed by atoms with Crippen molar-refractivity contribution < 1.29 is 14.1 Å². The van der Waals surface area contributed by atoms with Gasteiger partial charge in [0.15, 0.2) is 5.82 Å². The summed E-state index contributed by atoms with van der Waals surface area (Å²) in [5, 5.41) is 9.30. The number of aromatic nitrogens is 1. The van der Waals surface area contributed by atoms with Gasteiger partial charge in [-0.2, -0.15) is 0 Å². The third-order valence-electron chi connectivity index (χ3n) is 4.21. The molecule has 0 spiro atoms. The molecule has 6 nitrogen and oxygen atoms in total. The van der Waals surface area contributed by atoms with E-state index in [1.165, 1.54) is 0 Å². The molecule has 1 heterocycles. The lowest BCUT2D eigenvalue weighted by molar-refractivity contribution is -0.131. The van der Waals surface area contributed by atoms with Crippen LogP contribution in [0.15, 0.2) is 28.8 Å². The summed E-state index contributed by atoms with van der Waals surface area (Å²) in [6, 6.07) is 7.42. The number of rotatable bonds is 4. The third-order valence-corrected chi connectivity index (χ3v) is 4.21. The maximum atomic E-state index is 12.6. The van der Waals surface area contributed by atoms with Gasteiger partial charge in [0.2, 0.25) is 11.8 Å². The highest BCUT2D eigenvalue weighted by molar-refractivity contribution is 6.17. The first-order chi connectivity index (χ1) is 10.9. The first-order valence-electron chi connectivity index (χ1n) is 7.55. The molecular weight excluding hydrogens is 294 g/mol. The Kier molecular flexibility index (Phi) is 3.67. The quantitative estimate of drug-likeness (QED) is 0.850. The second-order valence-corrected chi connectivity index (χ2v) is 6.08. The molecule has 0 atom stereocenters. The Morgan fingerprint density at radius 1 is 1.09 bits per heavy atom. The SMILES string of the molecule is Cc1cc(NC(=O)C2(C(=O)Nc3c(C)cccc3C)CC2)no1. The van der Waals surface area contributed by atoms with Gasteiger partial charge in [0, 0.05) is 11.8 Å². The Morgan fingerprint density at radius 2 is 1.70 bits per heavy atom. The maximum absolute atomic E-state index is 12.6. The lowest BCUT2D eigenvalue weighted by atomic mass is 10.0. The highest BCUT2D eigenvalue weighted by Crippen LogP contribution is 2.47. The molecule has 1 aromatic carbocycles. The number of nitrogens with zero attached hydrogens (tertiary/aromatic N) is 1. The molecule has 6 heteroatoms. The summed E-state index contributed by atoms with van der Waals surface area (Å²) in [4.78, 5) is 25.1. The second kappa shape index (κ2) is 5.53. The number of hydrogen-bond acceptors (Lipinski definition) is 4.